The number of rotatable bonds is 4. The van der Waals surface area contributed by atoms with Crippen LogP contribution < -0.4 is 4.90 Å². The number of carbonyl (C=O) groups excluding carboxylic acids is 1. The summed E-state index contributed by atoms with van der Waals surface area (Å²) in [6.45, 7) is 3.87. The van der Waals surface area contributed by atoms with Crippen molar-refractivity contribution in [3.05, 3.63) is 56.7 Å². The molecule has 0 bridgehead atoms. The minimum absolute atomic E-state index is 0.0553. The molecular formula is C24H24BrCl2N3O5S. The van der Waals surface area contributed by atoms with E-state index < -0.39 is 10.0 Å². The van der Waals surface area contributed by atoms with Gasteiger partial charge in [0.1, 0.15) is 10.5 Å². The monoisotopic (exact) mass is 615 g/mol. The van der Waals surface area contributed by atoms with Gasteiger partial charge in [0.2, 0.25) is 10.0 Å². The second-order valence-corrected chi connectivity index (χ2v) is 12.1. The molecule has 2 aromatic carbocycles. The second kappa shape index (κ2) is 10.5. The van der Waals surface area contributed by atoms with E-state index in [-0.39, 0.29) is 33.2 Å². The molecule has 12 heteroatoms. The molecule has 36 heavy (non-hydrogen) atoms. The van der Waals surface area contributed by atoms with Crippen LogP contribution in [0.4, 0.5) is 5.69 Å². The minimum Gasteiger partial charge on any atom is -0.451 e. The number of morpholine rings is 1. The van der Waals surface area contributed by atoms with Gasteiger partial charge in [-0.15, -0.1) is 0 Å². The Balaban J connectivity index is 1.37. The van der Waals surface area contributed by atoms with Crippen LogP contribution in [0.15, 0.2) is 50.2 Å². The first-order valence-corrected chi connectivity index (χ1v) is 14.5. The van der Waals surface area contributed by atoms with E-state index in [0.717, 1.165) is 15.5 Å². The van der Waals surface area contributed by atoms with Gasteiger partial charge in [-0.3, -0.25) is 4.79 Å². The van der Waals surface area contributed by atoms with Crippen LogP contribution in [0.2, 0.25) is 10.0 Å². The van der Waals surface area contributed by atoms with Crippen LogP contribution in [-0.4, -0.2) is 76.0 Å². The zero-order valence-electron chi connectivity index (χ0n) is 19.3. The van der Waals surface area contributed by atoms with Crippen molar-refractivity contribution >= 4 is 71.7 Å². The number of fused-ring (bicyclic) bond motifs is 1. The van der Waals surface area contributed by atoms with Gasteiger partial charge >= 0.3 is 0 Å². The van der Waals surface area contributed by atoms with E-state index >= 15 is 0 Å². The first-order chi connectivity index (χ1) is 17.3. The molecule has 2 aliphatic rings. The maximum absolute atomic E-state index is 13.3. The number of nitrogens with zero attached hydrogens (tertiary/aromatic N) is 3. The predicted molar refractivity (Wildman–Crippen MR) is 143 cm³/mol. The van der Waals surface area contributed by atoms with Gasteiger partial charge in [0, 0.05) is 44.7 Å². The van der Waals surface area contributed by atoms with Crippen molar-refractivity contribution in [3.8, 4) is 0 Å². The second-order valence-electron chi connectivity index (χ2n) is 8.62. The number of benzene rings is 2. The number of amides is 1. The lowest BCUT2D eigenvalue weighted by Gasteiger charge is -2.25. The molecule has 0 radical (unpaired) electrons. The largest absolute Gasteiger partial charge is 0.451 e. The highest BCUT2D eigenvalue weighted by Gasteiger charge is 2.31. The van der Waals surface area contributed by atoms with E-state index in [4.69, 9.17) is 32.4 Å². The molecule has 0 saturated carbocycles. The summed E-state index contributed by atoms with van der Waals surface area (Å²) in [7, 11) is -3.85. The Bertz CT molecular complexity index is 1390. The molecule has 8 nitrogen and oxygen atoms in total. The van der Waals surface area contributed by atoms with Gasteiger partial charge in [0.25, 0.3) is 5.91 Å². The SMILES string of the molecule is O=C(c1cc2c(Br)c(N3CCCN(S(=O)(=O)c4c(Cl)cccc4Cl)CC3)ccc2o1)N1CCOCC1. The summed E-state index contributed by atoms with van der Waals surface area (Å²) in [5, 5.41) is 1.01. The molecule has 2 fully saturated rings. The van der Waals surface area contributed by atoms with Gasteiger partial charge in [-0.2, -0.15) is 4.31 Å². The summed E-state index contributed by atoms with van der Waals surface area (Å²) in [4.78, 5) is 16.7. The summed E-state index contributed by atoms with van der Waals surface area (Å²) in [6.07, 6.45) is 0.623. The Hall–Kier alpha value is -1.82. The Morgan fingerprint density at radius 2 is 1.67 bits per heavy atom. The van der Waals surface area contributed by atoms with Crippen LogP contribution in [0.1, 0.15) is 17.0 Å². The van der Waals surface area contributed by atoms with Crippen LogP contribution >= 0.6 is 39.1 Å². The number of furan rings is 1. The van der Waals surface area contributed by atoms with Crippen molar-refractivity contribution in [3.63, 3.8) is 0 Å². The highest BCUT2D eigenvalue weighted by atomic mass is 79.9. The van der Waals surface area contributed by atoms with Crippen molar-refractivity contribution < 1.29 is 22.4 Å². The lowest BCUT2D eigenvalue weighted by molar-refractivity contribution is 0.0284. The van der Waals surface area contributed by atoms with Gasteiger partial charge < -0.3 is 19.0 Å². The zero-order valence-corrected chi connectivity index (χ0v) is 23.2. The van der Waals surface area contributed by atoms with E-state index in [0.29, 0.717) is 57.9 Å². The number of halogens is 3. The number of hydrogen-bond donors (Lipinski definition) is 0. The van der Waals surface area contributed by atoms with Gasteiger partial charge in [0.05, 0.1) is 33.4 Å². The summed E-state index contributed by atoms with van der Waals surface area (Å²) in [6, 6.07) is 10.2. The van der Waals surface area contributed by atoms with Crippen LogP contribution in [0, 0.1) is 0 Å². The quantitative estimate of drug-likeness (QED) is 0.416. The van der Waals surface area contributed by atoms with Crippen LogP contribution in [0.5, 0.6) is 0 Å². The summed E-state index contributed by atoms with van der Waals surface area (Å²) < 4.78 is 40.1. The van der Waals surface area contributed by atoms with E-state index in [9.17, 15) is 13.2 Å². The summed E-state index contributed by atoms with van der Waals surface area (Å²) in [5.74, 6) is 0.131. The number of ether oxygens (including phenoxy) is 1. The molecule has 0 spiro atoms. The van der Waals surface area contributed by atoms with Crippen molar-refractivity contribution in [1.82, 2.24) is 9.21 Å². The Morgan fingerprint density at radius 3 is 2.39 bits per heavy atom. The van der Waals surface area contributed by atoms with E-state index in [2.05, 4.69) is 20.8 Å². The molecule has 2 aliphatic heterocycles. The van der Waals surface area contributed by atoms with Crippen LogP contribution in [0.25, 0.3) is 11.0 Å². The van der Waals surface area contributed by atoms with Crippen molar-refractivity contribution in [1.29, 1.82) is 0 Å². The van der Waals surface area contributed by atoms with Crippen molar-refractivity contribution in [2.24, 2.45) is 0 Å². The number of carbonyl (C=O) groups is 1. The topological polar surface area (TPSA) is 83.3 Å². The lowest BCUT2D eigenvalue weighted by Crippen LogP contribution is -2.40. The fourth-order valence-electron chi connectivity index (χ4n) is 4.57. The highest BCUT2D eigenvalue weighted by Crippen LogP contribution is 2.37. The van der Waals surface area contributed by atoms with Gasteiger partial charge in [-0.1, -0.05) is 29.3 Å². The fraction of sp³-hybridized carbons (Fsp3) is 0.375. The highest BCUT2D eigenvalue weighted by molar-refractivity contribution is 9.10. The molecule has 3 heterocycles. The van der Waals surface area contributed by atoms with Crippen LogP contribution in [-0.2, 0) is 14.8 Å². The van der Waals surface area contributed by atoms with E-state index in [1.165, 1.54) is 16.4 Å². The molecule has 0 aliphatic carbocycles. The van der Waals surface area contributed by atoms with Gasteiger partial charge in [-0.25, -0.2) is 8.42 Å². The number of sulfonamides is 1. The fourth-order valence-corrected chi connectivity index (χ4v) is 7.83. The Kier molecular flexibility index (Phi) is 7.54. The molecule has 0 atom stereocenters. The molecule has 0 unspecified atom stereocenters. The standard InChI is InChI=1S/C24H24BrCl2N3O5S/c25-22-16-15-21(24(31)29-11-13-34-14-12-29)35-20(16)6-5-19(22)28-7-2-8-30(10-9-28)36(32,33)23-17(26)3-1-4-18(23)27/h1,3-6,15H,2,7-14H2. The molecule has 3 aromatic rings. The number of hydrogen-bond acceptors (Lipinski definition) is 6. The van der Waals surface area contributed by atoms with Crippen LogP contribution in [0.3, 0.4) is 0 Å². The lowest BCUT2D eigenvalue weighted by atomic mass is 10.2. The summed E-state index contributed by atoms with van der Waals surface area (Å²) in [5.41, 5.74) is 1.51. The first kappa shape index (κ1) is 25.8. The average molecular weight is 617 g/mol. The number of anilines is 1. The molecule has 5 rings (SSSR count). The molecular weight excluding hydrogens is 593 g/mol. The average Bonchev–Trinajstić information content (AvgIpc) is 3.15. The third-order valence-electron chi connectivity index (χ3n) is 6.44. The third-order valence-corrected chi connectivity index (χ3v) is 10.1. The third kappa shape index (κ3) is 4.87. The van der Waals surface area contributed by atoms with E-state index in [1.807, 2.05) is 12.1 Å². The minimum atomic E-state index is -3.85. The van der Waals surface area contributed by atoms with Crippen molar-refractivity contribution in [2.45, 2.75) is 11.3 Å². The molecule has 1 aromatic heterocycles. The normalized spacial score (nSPS) is 18.0. The van der Waals surface area contributed by atoms with E-state index in [1.54, 1.807) is 17.0 Å². The zero-order chi connectivity index (χ0) is 25.4. The van der Waals surface area contributed by atoms with Gasteiger partial charge in [0.15, 0.2) is 5.76 Å². The maximum Gasteiger partial charge on any atom is 0.289 e. The van der Waals surface area contributed by atoms with Crippen molar-refractivity contribution in [2.75, 3.05) is 57.4 Å². The Labute approximate surface area is 227 Å². The molecule has 1 amide bonds. The Morgan fingerprint density at radius 1 is 0.944 bits per heavy atom. The molecule has 0 N–H and O–H groups in total. The first-order valence-electron chi connectivity index (χ1n) is 11.6. The molecule has 2 saturated heterocycles. The smallest absolute Gasteiger partial charge is 0.289 e. The molecule has 192 valence electrons. The summed E-state index contributed by atoms with van der Waals surface area (Å²) >= 11 is 16.1. The van der Waals surface area contributed by atoms with Gasteiger partial charge in [-0.05, 0) is 52.7 Å². The maximum atomic E-state index is 13.3. The predicted octanol–water partition coefficient (Wildman–Crippen LogP) is 4.88.